The lowest BCUT2D eigenvalue weighted by atomic mass is 10.1. The molecule has 630 valence electrons. The van der Waals surface area contributed by atoms with E-state index < -0.39 is 41.8 Å². The first-order valence-electron chi connectivity index (χ1n) is 37.7. The van der Waals surface area contributed by atoms with Gasteiger partial charge in [-0.25, -0.2) is 18.8 Å². The fourth-order valence-electron chi connectivity index (χ4n) is 10.3. The van der Waals surface area contributed by atoms with Crippen molar-refractivity contribution in [2.24, 2.45) is 0 Å². The second-order valence-corrected chi connectivity index (χ2v) is 33.8. The molecule has 0 heterocycles. The monoisotopic (exact) mass is 1780 g/mol. The average Bonchev–Trinajstić information content (AvgIpc) is 0.842. The Balaban J connectivity index is 0.000000219. The van der Waals surface area contributed by atoms with E-state index in [9.17, 15) is 38.0 Å². The van der Waals surface area contributed by atoms with Crippen molar-refractivity contribution in [3.05, 3.63) is 375 Å². The summed E-state index contributed by atoms with van der Waals surface area (Å²) in [7, 11) is 3.32. The Kier molecular flexibility index (Phi) is 46.4. The van der Waals surface area contributed by atoms with Crippen molar-refractivity contribution in [3.8, 4) is 11.5 Å². The maximum Gasteiger partial charge on any atom is 0.335 e. The quantitative estimate of drug-likeness (QED) is 0.0146. The molecule has 0 atom stereocenters. The van der Waals surface area contributed by atoms with Crippen LogP contribution in [-0.4, -0.2) is 103 Å². The van der Waals surface area contributed by atoms with Crippen molar-refractivity contribution in [3.63, 3.8) is 0 Å². The summed E-state index contributed by atoms with van der Waals surface area (Å²) in [6.45, 7) is 3.99. The van der Waals surface area contributed by atoms with Crippen LogP contribution in [0, 0.1) is 19.7 Å². The zero-order valence-corrected chi connectivity index (χ0v) is 73.4. The van der Waals surface area contributed by atoms with Gasteiger partial charge in [0.2, 0.25) is 0 Å². The van der Waals surface area contributed by atoms with Gasteiger partial charge in [-0.3, -0.25) is 19.2 Å². The summed E-state index contributed by atoms with van der Waals surface area (Å²) in [6, 6.07) is 92.5. The lowest BCUT2D eigenvalue weighted by Gasteiger charge is -2.08. The normalized spacial score (nSPS) is 10.2. The van der Waals surface area contributed by atoms with Crippen molar-refractivity contribution in [1.29, 1.82) is 0 Å². The molecule has 0 saturated carbocycles. The van der Waals surface area contributed by atoms with Gasteiger partial charge in [0.25, 0.3) is 0 Å². The molecule has 0 aliphatic carbocycles. The van der Waals surface area contributed by atoms with E-state index in [1.807, 2.05) is 226 Å². The van der Waals surface area contributed by atoms with Gasteiger partial charge in [0.05, 0.1) is 54.5 Å². The molecule has 12 rings (SSSR count). The fourth-order valence-corrected chi connectivity index (χ4v) is 16.9. The SMILES string of the molecule is COc1ccccc1SCc1ccc(C(=O)O)cc1.COc1ccccc1SCc1ccc(CC(=O)O)cc1.Cc1ccc(C)c(SCC(=O)O)c1.O=C(O)CCCCCSc1ccc(F)cc1.O=C(O)Cc1ccc(CSc2ccccc2)cc1.O=C(O)c1ccc(CSc2ccccc2)cc1.O=C(O)c1ccc(CSc2ccccc2Cl)cc1. The lowest BCUT2D eigenvalue weighted by molar-refractivity contribution is -0.137. The van der Waals surface area contributed by atoms with E-state index >= 15 is 0 Å². The molecular formula is C96H94ClFO16S7. The molecule has 0 aliphatic heterocycles. The Morgan fingerprint density at radius 1 is 0.322 bits per heavy atom. The van der Waals surface area contributed by atoms with Gasteiger partial charge >= 0.3 is 41.8 Å². The molecule has 0 bridgehead atoms. The molecule has 25 heteroatoms. The van der Waals surface area contributed by atoms with Gasteiger partial charge in [0, 0.05) is 69.5 Å². The highest BCUT2D eigenvalue weighted by Crippen LogP contribution is 2.34. The molecule has 0 saturated heterocycles. The largest absolute Gasteiger partial charge is 0.496 e. The van der Waals surface area contributed by atoms with Crippen molar-refractivity contribution < 1.29 is 83.2 Å². The number of rotatable bonds is 34. The van der Waals surface area contributed by atoms with E-state index in [2.05, 4.69) is 24.3 Å². The minimum Gasteiger partial charge on any atom is -0.496 e. The molecule has 0 fully saturated rings. The standard InChI is InChI=1S/C16H16O3S.C15H14O3S.C15H14O2S.C14H11ClO2S.C14H12O2S.C12H15FO2S.C10H12O2S/c1-19-14-4-2-3-5-15(14)20-11-13-8-6-12(7-9-13)10-16(17)18;1-18-13-4-2-3-5-14(13)19-10-11-6-8-12(9-7-11)15(16)17;16-15(17)10-12-6-8-13(9-7-12)11-18-14-4-2-1-3-5-14;15-12-3-1-2-4-13(12)18-9-10-5-7-11(8-6-10)14(16)17;15-14(16)12-8-6-11(7-9-12)10-17-13-4-2-1-3-5-13;13-10-5-7-11(8-6-10)16-9-3-1-2-4-12(14)15;1-7-3-4-8(2)9(5-7)13-6-10(11)12/h2-9H,10-11H2,1H3,(H,17,18);2-9H,10H2,1H3,(H,16,17);1-9H,10-11H2,(H,16,17);1-8H,9H2,(H,16,17);1-9H,10H2,(H,15,16);5-8H,1-4,9H2,(H,14,15);3-5H,6H2,1-2H3,(H,11,12). The number of aromatic carboxylic acids is 3. The predicted molar refractivity (Wildman–Crippen MR) is 491 cm³/mol. The topological polar surface area (TPSA) is 280 Å². The van der Waals surface area contributed by atoms with Crippen LogP contribution in [0.4, 0.5) is 4.39 Å². The van der Waals surface area contributed by atoms with Gasteiger partial charge in [-0.05, 0) is 204 Å². The van der Waals surface area contributed by atoms with Crippen LogP contribution in [0.2, 0.25) is 5.02 Å². The lowest BCUT2D eigenvalue weighted by Crippen LogP contribution is -1.99. The third-order valence-corrected chi connectivity index (χ3v) is 24.9. The van der Waals surface area contributed by atoms with Crippen molar-refractivity contribution in [2.75, 3.05) is 25.7 Å². The van der Waals surface area contributed by atoms with Crippen molar-refractivity contribution >= 4 is 136 Å². The summed E-state index contributed by atoms with van der Waals surface area (Å²) in [5, 5.41) is 61.5. The number of hydrogen-bond donors (Lipinski definition) is 7. The molecule has 0 spiro atoms. The van der Waals surface area contributed by atoms with E-state index in [1.54, 1.807) is 133 Å². The molecule has 0 amide bonds. The first-order chi connectivity index (χ1) is 58.3. The molecule has 0 unspecified atom stereocenters. The fraction of sp³-hybridized carbons (Fsp3) is 0.177. The second kappa shape index (κ2) is 56.7. The number of aliphatic carboxylic acids is 4. The zero-order valence-electron chi connectivity index (χ0n) is 66.9. The number of carboxylic acids is 7. The minimum atomic E-state index is -0.902. The summed E-state index contributed by atoms with van der Waals surface area (Å²) in [6.07, 6.45) is 3.07. The van der Waals surface area contributed by atoms with Gasteiger partial charge in [-0.1, -0.05) is 193 Å². The van der Waals surface area contributed by atoms with Crippen molar-refractivity contribution in [1.82, 2.24) is 0 Å². The van der Waals surface area contributed by atoms with Crippen LogP contribution in [0.15, 0.2) is 332 Å². The van der Waals surface area contributed by atoms with Crippen LogP contribution in [0.1, 0.15) is 107 Å². The maximum atomic E-state index is 12.6. The third kappa shape index (κ3) is 41.4. The summed E-state index contributed by atoms with van der Waals surface area (Å²) in [4.78, 5) is 81.7. The summed E-state index contributed by atoms with van der Waals surface area (Å²) in [5.41, 5.74) is 10.6. The number of benzene rings is 12. The average molecular weight is 1780 g/mol. The number of unbranched alkanes of at least 4 members (excludes halogenated alkanes) is 2. The van der Waals surface area contributed by atoms with Gasteiger partial charge in [-0.2, -0.15) is 0 Å². The van der Waals surface area contributed by atoms with Gasteiger partial charge in [0.15, 0.2) is 0 Å². The van der Waals surface area contributed by atoms with Crippen LogP contribution in [-0.2, 0) is 60.8 Å². The smallest absolute Gasteiger partial charge is 0.335 e. The van der Waals surface area contributed by atoms with Gasteiger partial charge in [0.1, 0.15) is 17.3 Å². The number of thioether (sulfide) groups is 7. The first-order valence-corrected chi connectivity index (χ1v) is 44.9. The number of carbonyl (C=O) groups is 7. The van der Waals surface area contributed by atoms with Crippen LogP contribution in [0.5, 0.6) is 11.5 Å². The minimum absolute atomic E-state index is 0.0694. The second-order valence-electron chi connectivity index (χ2n) is 26.0. The Morgan fingerprint density at radius 3 is 1.04 bits per heavy atom. The van der Waals surface area contributed by atoms with E-state index in [-0.39, 0.29) is 30.8 Å². The molecule has 0 radical (unpaired) electrons. The molecule has 12 aromatic rings. The Morgan fingerprint density at radius 2 is 0.669 bits per heavy atom. The highest BCUT2D eigenvalue weighted by molar-refractivity contribution is 8.00. The number of hydrogen-bond acceptors (Lipinski definition) is 16. The Labute approximate surface area is 740 Å². The third-order valence-electron chi connectivity index (χ3n) is 16.6. The zero-order chi connectivity index (χ0) is 87.5. The molecule has 7 N–H and O–H groups in total. The summed E-state index contributed by atoms with van der Waals surface area (Å²) >= 11 is 17.6. The van der Waals surface area contributed by atoms with Crippen molar-refractivity contribution in [2.45, 2.75) is 115 Å². The number of aryl methyl sites for hydroxylation is 2. The van der Waals surface area contributed by atoms with E-state index in [0.717, 1.165) is 134 Å². The van der Waals surface area contributed by atoms with Gasteiger partial charge < -0.3 is 45.2 Å². The van der Waals surface area contributed by atoms with E-state index in [0.29, 0.717) is 16.7 Å². The summed E-state index contributed by atoms with van der Waals surface area (Å²) < 4.78 is 23.2. The molecular weight excluding hydrogens is 1690 g/mol. The molecule has 16 nitrogen and oxygen atoms in total. The van der Waals surface area contributed by atoms with Crippen LogP contribution in [0.25, 0.3) is 0 Å². The molecule has 121 heavy (non-hydrogen) atoms. The van der Waals surface area contributed by atoms with Crippen LogP contribution in [0.3, 0.4) is 0 Å². The Hall–Kier alpha value is -10.8. The highest BCUT2D eigenvalue weighted by atomic mass is 35.5. The van der Waals surface area contributed by atoms with Crippen LogP contribution < -0.4 is 9.47 Å². The Bertz CT molecular complexity index is 5130. The van der Waals surface area contributed by atoms with E-state index in [4.69, 9.17) is 56.8 Å². The first kappa shape index (κ1) is 99.0. The number of ether oxygens (including phenoxy) is 2. The number of para-hydroxylation sites is 2. The van der Waals surface area contributed by atoms with Gasteiger partial charge in [-0.15, -0.1) is 82.3 Å². The van der Waals surface area contributed by atoms with E-state index in [1.165, 1.54) is 44.8 Å². The highest BCUT2D eigenvalue weighted by Gasteiger charge is 2.11. The molecule has 0 aromatic heterocycles. The molecule has 12 aromatic carbocycles. The molecule has 0 aliphatic rings. The number of carboxylic acid groups (broad SMARTS) is 7. The number of methoxy groups -OCH3 is 2. The van der Waals surface area contributed by atoms with Crippen LogP contribution >= 0.6 is 93.9 Å². The number of halogens is 2. The summed E-state index contributed by atoms with van der Waals surface area (Å²) in [5.74, 6) is 0.936. The maximum absolute atomic E-state index is 12.6. The predicted octanol–water partition coefficient (Wildman–Crippen LogP) is 25.0.